The fourth-order valence-corrected chi connectivity index (χ4v) is 4.86. The number of amides is 2. The number of alkyl carbamates (subject to hydrolysis) is 1. The van der Waals surface area contributed by atoms with E-state index in [4.69, 9.17) is 9.47 Å². The Bertz CT molecular complexity index is 806. The van der Waals surface area contributed by atoms with E-state index in [9.17, 15) is 14.4 Å². The lowest BCUT2D eigenvalue weighted by Crippen LogP contribution is -2.46. The lowest BCUT2D eigenvalue weighted by molar-refractivity contribution is -0.122. The van der Waals surface area contributed by atoms with Crippen LogP contribution in [0.15, 0.2) is 30.3 Å². The molecule has 2 fully saturated rings. The Morgan fingerprint density at radius 1 is 1.00 bits per heavy atom. The number of carbonyl (C=O) groups excluding carboxylic acids is 3. The van der Waals surface area contributed by atoms with E-state index in [0.717, 1.165) is 31.2 Å². The summed E-state index contributed by atoms with van der Waals surface area (Å²) in [5, 5.41) is 2.85. The number of likely N-dealkylation sites (tertiary alicyclic amines) is 1. The molecule has 1 aromatic rings. The number of Topliss-reactive ketones (excluding diaryl/α,β-unsaturated/α-hetero) is 1. The van der Waals surface area contributed by atoms with Crippen molar-refractivity contribution in [1.29, 1.82) is 0 Å². The summed E-state index contributed by atoms with van der Waals surface area (Å²) in [6, 6.07) is 9.09. The van der Waals surface area contributed by atoms with E-state index in [1.807, 2.05) is 51.1 Å². The van der Waals surface area contributed by atoms with Crippen molar-refractivity contribution < 1.29 is 23.9 Å². The topological polar surface area (TPSA) is 84.9 Å². The van der Waals surface area contributed by atoms with Gasteiger partial charge < -0.3 is 19.7 Å². The molecule has 0 radical (unpaired) electrons. The van der Waals surface area contributed by atoms with Crippen LogP contribution in [0.2, 0.25) is 0 Å². The van der Waals surface area contributed by atoms with E-state index in [-0.39, 0.29) is 24.4 Å². The van der Waals surface area contributed by atoms with Crippen molar-refractivity contribution in [2.45, 2.75) is 90.4 Å². The first-order chi connectivity index (χ1) is 16.2. The van der Waals surface area contributed by atoms with Gasteiger partial charge in [-0.25, -0.2) is 9.59 Å². The van der Waals surface area contributed by atoms with E-state index in [1.165, 1.54) is 12.8 Å². The first-order valence-electron chi connectivity index (χ1n) is 12.7. The Balaban J connectivity index is 1.50. The van der Waals surface area contributed by atoms with Gasteiger partial charge in [-0.3, -0.25) is 4.79 Å². The fraction of sp³-hybridized carbons (Fsp3) is 0.667. The van der Waals surface area contributed by atoms with E-state index < -0.39 is 17.7 Å². The van der Waals surface area contributed by atoms with Gasteiger partial charge in [-0.05, 0) is 57.4 Å². The third-order valence-corrected chi connectivity index (χ3v) is 6.69. The minimum absolute atomic E-state index is 0.0995. The van der Waals surface area contributed by atoms with Gasteiger partial charge in [-0.15, -0.1) is 0 Å². The average Bonchev–Trinajstić information content (AvgIpc) is 3.30. The molecule has 1 N–H and O–H groups in total. The van der Waals surface area contributed by atoms with Crippen LogP contribution in [-0.4, -0.2) is 47.6 Å². The summed E-state index contributed by atoms with van der Waals surface area (Å²) in [6.07, 6.45) is 6.36. The average molecular weight is 473 g/mol. The standard InChI is InChI=1S/C27H40N2O5/c1-27(2,3)34-25(31)28-23(24(30)18-20-9-7-8-10-20)17-21-13-15-29(16-14-21)26(32)33-19-22-11-5-4-6-12-22/h4-6,11-12,20-21,23H,7-10,13-19H2,1-3H3,(H,28,31). The van der Waals surface area contributed by atoms with Gasteiger partial charge in [0.25, 0.3) is 0 Å². The quantitative estimate of drug-likeness (QED) is 0.542. The highest BCUT2D eigenvalue weighted by Crippen LogP contribution is 2.30. The zero-order chi connectivity index (χ0) is 24.6. The minimum Gasteiger partial charge on any atom is -0.445 e. The Morgan fingerprint density at radius 2 is 1.65 bits per heavy atom. The number of piperidine rings is 1. The van der Waals surface area contributed by atoms with Crippen molar-refractivity contribution in [3.05, 3.63) is 35.9 Å². The van der Waals surface area contributed by atoms with Gasteiger partial charge in [0.15, 0.2) is 5.78 Å². The molecule has 1 saturated heterocycles. The van der Waals surface area contributed by atoms with Crippen molar-refractivity contribution >= 4 is 18.0 Å². The number of carbonyl (C=O) groups is 3. The van der Waals surface area contributed by atoms with E-state index in [0.29, 0.717) is 31.8 Å². The Labute approximate surface area is 203 Å². The molecule has 0 bridgehead atoms. The molecule has 188 valence electrons. The second-order valence-electron chi connectivity index (χ2n) is 10.7. The summed E-state index contributed by atoms with van der Waals surface area (Å²) >= 11 is 0. The van der Waals surface area contributed by atoms with Gasteiger partial charge in [0.05, 0.1) is 6.04 Å². The highest BCUT2D eigenvalue weighted by atomic mass is 16.6. The van der Waals surface area contributed by atoms with Gasteiger partial charge in [0.2, 0.25) is 0 Å². The van der Waals surface area contributed by atoms with Crippen LogP contribution in [0.3, 0.4) is 0 Å². The Morgan fingerprint density at radius 3 is 2.26 bits per heavy atom. The van der Waals surface area contributed by atoms with Crippen LogP contribution in [0.25, 0.3) is 0 Å². The molecule has 0 spiro atoms. The number of nitrogens with zero attached hydrogens (tertiary/aromatic N) is 1. The zero-order valence-electron chi connectivity index (χ0n) is 20.9. The van der Waals surface area contributed by atoms with Crippen LogP contribution < -0.4 is 5.32 Å². The molecule has 0 aromatic heterocycles. The number of benzene rings is 1. The van der Waals surface area contributed by atoms with E-state index >= 15 is 0 Å². The lowest BCUT2D eigenvalue weighted by Gasteiger charge is -2.33. The number of nitrogens with one attached hydrogen (secondary N) is 1. The molecule has 1 aliphatic carbocycles. The molecule has 2 aliphatic rings. The molecule has 7 nitrogen and oxygen atoms in total. The number of hydrogen-bond donors (Lipinski definition) is 1. The molecule has 2 amide bonds. The first-order valence-corrected chi connectivity index (χ1v) is 12.7. The number of ketones is 1. The van der Waals surface area contributed by atoms with Crippen LogP contribution in [0.4, 0.5) is 9.59 Å². The molecule has 1 heterocycles. The monoisotopic (exact) mass is 472 g/mol. The second-order valence-corrected chi connectivity index (χ2v) is 10.7. The van der Waals surface area contributed by atoms with Crippen molar-refractivity contribution in [2.75, 3.05) is 13.1 Å². The Hall–Kier alpha value is -2.57. The first kappa shape index (κ1) is 26.0. The second kappa shape index (κ2) is 12.2. The van der Waals surface area contributed by atoms with Gasteiger partial charge in [-0.2, -0.15) is 0 Å². The van der Waals surface area contributed by atoms with Crippen LogP contribution >= 0.6 is 0 Å². The maximum atomic E-state index is 13.1. The summed E-state index contributed by atoms with van der Waals surface area (Å²) in [5.41, 5.74) is 0.344. The molecular weight excluding hydrogens is 432 g/mol. The maximum Gasteiger partial charge on any atom is 0.410 e. The third kappa shape index (κ3) is 8.65. The van der Waals surface area contributed by atoms with E-state index in [2.05, 4.69) is 5.32 Å². The highest BCUT2D eigenvalue weighted by Gasteiger charge is 2.32. The predicted octanol–water partition coefficient (Wildman–Crippen LogP) is 5.47. The summed E-state index contributed by atoms with van der Waals surface area (Å²) < 4.78 is 10.9. The van der Waals surface area contributed by atoms with Crippen molar-refractivity contribution in [3.8, 4) is 0 Å². The van der Waals surface area contributed by atoms with Crippen molar-refractivity contribution in [3.63, 3.8) is 0 Å². The van der Waals surface area contributed by atoms with Gasteiger partial charge >= 0.3 is 12.2 Å². The molecule has 3 rings (SSSR count). The minimum atomic E-state index is -0.616. The largest absolute Gasteiger partial charge is 0.445 e. The number of rotatable bonds is 8. The van der Waals surface area contributed by atoms with Gasteiger partial charge in [0.1, 0.15) is 12.2 Å². The summed E-state index contributed by atoms with van der Waals surface area (Å²) in [7, 11) is 0. The SMILES string of the molecule is CC(C)(C)OC(=O)NC(CC1CCN(C(=O)OCc2ccccc2)CC1)C(=O)CC1CCCC1. The lowest BCUT2D eigenvalue weighted by atomic mass is 9.86. The zero-order valence-corrected chi connectivity index (χ0v) is 20.9. The van der Waals surface area contributed by atoms with Crippen molar-refractivity contribution in [1.82, 2.24) is 10.2 Å². The molecule has 1 atom stereocenters. The number of hydrogen-bond acceptors (Lipinski definition) is 5. The smallest absolute Gasteiger partial charge is 0.410 e. The number of ether oxygens (including phenoxy) is 2. The maximum absolute atomic E-state index is 13.1. The predicted molar refractivity (Wildman–Crippen MR) is 130 cm³/mol. The molecule has 1 aromatic carbocycles. The van der Waals surface area contributed by atoms with E-state index in [1.54, 1.807) is 4.90 Å². The molecule has 1 unspecified atom stereocenters. The summed E-state index contributed by atoms with van der Waals surface area (Å²) in [6.45, 7) is 6.89. The van der Waals surface area contributed by atoms with Gasteiger partial charge in [-0.1, -0.05) is 56.0 Å². The van der Waals surface area contributed by atoms with Crippen molar-refractivity contribution in [2.24, 2.45) is 11.8 Å². The van der Waals surface area contributed by atoms with Gasteiger partial charge in [0, 0.05) is 19.5 Å². The van der Waals surface area contributed by atoms with Crippen LogP contribution in [0.5, 0.6) is 0 Å². The highest BCUT2D eigenvalue weighted by molar-refractivity contribution is 5.87. The normalized spacial score (nSPS) is 18.4. The molecule has 1 aliphatic heterocycles. The summed E-state index contributed by atoms with van der Waals surface area (Å²) in [5.74, 6) is 0.782. The Kier molecular flexibility index (Phi) is 9.36. The molecule has 7 heteroatoms. The summed E-state index contributed by atoms with van der Waals surface area (Å²) in [4.78, 5) is 39.7. The van der Waals surface area contributed by atoms with Crippen LogP contribution in [-0.2, 0) is 20.9 Å². The molecule has 1 saturated carbocycles. The van der Waals surface area contributed by atoms with Crippen LogP contribution in [0, 0.1) is 11.8 Å². The molecular formula is C27H40N2O5. The van der Waals surface area contributed by atoms with Crippen LogP contribution in [0.1, 0.15) is 77.7 Å². The fourth-order valence-electron chi connectivity index (χ4n) is 4.86. The molecule has 34 heavy (non-hydrogen) atoms. The third-order valence-electron chi connectivity index (χ3n) is 6.69.